The average molecular weight is 301 g/mol. The summed E-state index contributed by atoms with van der Waals surface area (Å²) in [6.45, 7) is 2.45. The summed E-state index contributed by atoms with van der Waals surface area (Å²) < 4.78 is 5.35. The van der Waals surface area contributed by atoms with E-state index in [1.807, 2.05) is 57.2 Å². The highest BCUT2D eigenvalue weighted by Crippen LogP contribution is 2.27. The number of carbonyl (C=O) groups is 1. The summed E-state index contributed by atoms with van der Waals surface area (Å²) in [5.41, 5.74) is 1.88. The van der Waals surface area contributed by atoms with Crippen LogP contribution < -0.4 is 4.74 Å². The normalized spacial score (nSPS) is 12.5. The van der Waals surface area contributed by atoms with Crippen LogP contribution in [0.3, 0.4) is 0 Å². The number of fused-ring (bicyclic) bond motifs is 1. The SMILES string of the molecule is COc1ccc(CN(C)C(=O)[C@H](C)N(C)C)c2cccnc12. The average Bonchev–Trinajstić information content (AvgIpc) is 2.53. The maximum atomic E-state index is 12.4. The molecule has 5 nitrogen and oxygen atoms in total. The van der Waals surface area contributed by atoms with Gasteiger partial charge in [-0.3, -0.25) is 14.7 Å². The van der Waals surface area contributed by atoms with E-state index in [2.05, 4.69) is 4.98 Å². The molecule has 0 spiro atoms. The molecule has 0 aliphatic rings. The standard InChI is InChI=1S/C17H23N3O2/c1-12(19(2)3)17(21)20(4)11-13-8-9-15(22-5)16-14(13)7-6-10-18-16/h6-10,12H,11H2,1-5H3/t12-/m0/s1. The first-order chi connectivity index (χ1) is 10.5. The van der Waals surface area contributed by atoms with E-state index in [-0.39, 0.29) is 11.9 Å². The monoisotopic (exact) mass is 301 g/mol. The van der Waals surface area contributed by atoms with Gasteiger partial charge in [0.1, 0.15) is 11.3 Å². The molecule has 0 bridgehead atoms. The van der Waals surface area contributed by atoms with E-state index < -0.39 is 0 Å². The number of ether oxygens (including phenoxy) is 1. The van der Waals surface area contributed by atoms with Crippen molar-refractivity contribution >= 4 is 16.8 Å². The Morgan fingerprint density at radius 2 is 2.00 bits per heavy atom. The number of hydrogen-bond donors (Lipinski definition) is 0. The van der Waals surface area contributed by atoms with Crippen LogP contribution in [0.25, 0.3) is 10.9 Å². The first kappa shape index (κ1) is 16.2. The summed E-state index contributed by atoms with van der Waals surface area (Å²) in [7, 11) is 7.28. The third-order valence-corrected chi connectivity index (χ3v) is 3.96. The Morgan fingerprint density at radius 3 is 2.64 bits per heavy atom. The molecule has 1 amide bonds. The second kappa shape index (κ2) is 6.75. The molecule has 0 radical (unpaired) electrons. The van der Waals surface area contributed by atoms with Crippen LogP contribution in [0.15, 0.2) is 30.5 Å². The number of amides is 1. The fraction of sp³-hybridized carbons (Fsp3) is 0.412. The number of aromatic nitrogens is 1. The molecule has 2 aromatic rings. The van der Waals surface area contributed by atoms with Gasteiger partial charge in [0.15, 0.2) is 0 Å². The molecule has 0 fully saturated rings. The summed E-state index contributed by atoms with van der Waals surface area (Å²) in [6, 6.07) is 7.65. The van der Waals surface area contributed by atoms with Crippen LogP contribution >= 0.6 is 0 Å². The zero-order valence-electron chi connectivity index (χ0n) is 13.8. The molecule has 2 rings (SSSR count). The molecular formula is C17H23N3O2. The Labute approximate surface area is 131 Å². The number of hydrogen-bond acceptors (Lipinski definition) is 4. The molecule has 5 heteroatoms. The minimum Gasteiger partial charge on any atom is -0.494 e. The van der Waals surface area contributed by atoms with Gasteiger partial charge in [0.05, 0.1) is 13.2 Å². The van der Waals surface area contributed by atoms with Gasteiger partial charge in [-0.2, -0.15) is 0 Å². The summed E-state index contributed by atoms with van der Waals surface area (Å²) >= 11 is 0. The molecule has 0 aliphatic carbocycles. The maximum Gasteiger partial charge on any atom is 0.239 e. The van der Waals surface area contributed by atoms with Gasteiger partial charge in [-0.15, -0.1) is 0 Å². The van der Waals surface area contributed by atoms with E-state index in [1.165, 1.54) is 0 Å². The van der Waals surface area contributed by atoms with Crippen molar-refractivity contribution in [3.63, 3.8) is 0 Å². The number of benzene rings is 1. The van der Waals surface area contributed by atoms with Crippen LogP contribution in [0.2, 0.25) is 0 Å². The van der Waals surface area contributed by atoms with Gasteiger partial charge in [-0.1, -0.05) is 12.1 Å². The Morgan fingerprint density at radius 1 is 1.27 bits per heavy atom. The quantitative estimate of drug-likeness (QED) is 0.849. The fourth-order valence-corrected chi connectivity index (χ4v) is 2.38. The largest absolute Gasteiger partial charge is 0.494 e. The predicted molar refractivity (Wildman–Crippen MR) is 87.9 cm³/mol. The van der Waals surface area contributed by atoms with E-state index in [4.69, 9.17) is 4.74 Å². The van der Waals surface area contributed by atoms with Crippen LogP contribution in [-0.2, 0) is 11.3 Å². The third-order valence-electron chi connectivity index (χ3n) is 3.96. The van der Waals surface area contributed by atoms with Crippen molar-refractivity contribution in [1.29, 1.82) is 0 Å². The smallest absolute Gasteiger partial charge is 0.239 e. The number of methoxy groups -OCH3 is 1. The number of rotatable bonds is 5. The van der Waals surface area contributed by atoms with Crippen LogP contribution in [0.5, 0.6) is 5.75 Å². The predicted octanol–water partition coefficient (Wildman–Crippen LogP) is 2.15. The second-order valence-corrected chi connectivity index (χ2v) is 5.66. The Hall–Kier alpha value is -2.14. The minimum absolute atomic E-state index is 0.0952. The lowest BCUT2D eigenvalue weighted by Crippen LogP contribution is -2.42. The Bertz CT molecular complexity index is 670. The Kier molecular flexibility index (Phi) is 4.98. The van der Waals surface area contributed by atoms with E-state index in [9.17, 15) is 4.79 Å². The summed E-state index contributed by atoms with van der Waals surface area (Å²) in [6.07, 6.45) is 1.75. The molecule has 1 heterocycles. The highest BCUT2D eigenvalue weighted by molar-refractivity contribution is 5.88. The van der Waals surface area contributed by atoms with Crippen molar-refractivity contribution in [2.75, 3.05) is 28.3 Å². The van der Waals surface area contributed by atoms with Gasteiger partial charge in [-0.25, -0.2) is 0 Å². The van der Waals surface area contributed by atoms with Crippen molar-refractivity contribution < 1.29 is 9.53 Å². The number of nitrogens with zero attached hydrogens (tertiary/aromatic N) is 3. The van der Waals surface area contributed by atoms with E-state index in [1.54, 1.807) is 18.2 Å². The third kappa shape index (κ3) is 3.20. The number of carbonyl (C=O) groups excluding carboxylic acids is 1. The van der Waals surface area contributed by atoms with E-state index in [0.29, 0.717) is 6.54 Å². The molecule has 0 unspecified atom stereocenters. The van der Waals surface area contributed by atoms with Gasteiger partial charge in [-0.05, 0) is 38.7 Å². The van der Waals surface area contributed by atoms with Crippen molar-refractivity contribution in [1.82, 2.24) is 14.8 Å². The molecule has 0 aliphatic heterocycles. The van der Waals surface area contributed by atoms with Gasteiger partial charge < -0.3 is 9.64 Å². The van der Waals surface area contributed by atoms with Crippen molar-refractivity contribution in [3.05, 3.63) is 36.0 Å². The van der Waals surface area contributed by atoms with Crippen molar-refractivity contribution in [2.24, 2.45) is 0 Å². The number of likely N-dealkylation sites (N-methyl/N-ethyl adjacent to an activating group) is 2. The minimum atomic E-state index is -0.146. The second-order valence-electron chi connectivity index (χ2n) is 5.66. The van der Waals surface area contributed by atoms with E-state index >= 15 is 0 Å². The van der Waals surface area contributed by atoms with Gasteiger partial charge in [0.2, 0.25) is 5.91 Å². The lowest BCUT2D eigenvalue weighted by atomic mass is 10.1. The molecule has 118 valence electrons. The summed E-state index contributed by atoms with van der Waals surface area (Å²) in [4.78, 5) is 20.4. The van der Waals surface area contributed by atoms with Crippen LogP contribution in [0, 0.1) is 0 Å². The van der Waals surface area contributed by atoms with Crippen LogP contribution in [-0.4, -0.2) is 55.0 Å². The van der Waals surface area contributed by atoms with Gasteiger partial charge >= 0.3 is 0 Å². The highest BCUT2D eigenvalue weighted by Gasteiger charge is 2.20. The summed E-state index contributed by atoms with van der Waals surface area (Å²) in [5, 5.41) is 1.01. The summed E-state index contributed by atoms with van der Waals surface area (Å²) in [5.74, 6) is 0.841. The fourth-order valence-electron chi connectivity index (χ4n) is 2.38. The van der Waals surface area contributed by atoms with Gasteiger partial charge in [0.25, 0.3) is 0 Å². The van der Waals surface area contributed by atoms with Crippen molar-refractivity contribution in [3.8, 4) is 5.75 Å². The molecule has 0 saturated carbocycles. The molecule has 0 saturated heterocycles. The van der Waals surface area contributed by atoms with Crippen molar-refractivity contribution in [2.45, 2.75) is 19.5 Å². The molecule has 22 heavy (non-hydrogen) atoms. The molecule has 0 N–H and O–H groups in total. The maximum absolute atomic E-state index is 12.4. The first-order valence-electron chi connectivity index (χ1n) is 7.27. The molecule has 1 atom stereocenters. The van der Waals surface area contributed by atoms with Crippen LogP contribution in [0.1, 0.15) is 12.5 Å². The molecular weight excluding hydrogens is 278 g/mol. The lowest BCUT2D eigenvalue weighted by Gasteiger charge is -2.26. The lowest BCUT2D eigenvalue weighted by molar-refractivity contribution is -0.134. The van der Waals surface area contributed by atoms with Crippen LogP contribution in [0.4, 0.5) is 0 Å². The zero-order valence-corrected chi connectivity index (χ0v) is 13.8. The van der Waals surface area contributed by atoms with Gasteiger partial charge in [0, 0.05) is 25.2 Å². The number of pyridine rings is 1. The van der Waals surface area contributed by atoms with E-state index in [0.717, 1.165) is 22.2 Å². The Balaban J connectivity index is 2.31. The zero-order chi connectivity index (χ0) is 16.3. The first-order valence-corrected chi connectivity index (χ1v) is 7.27. The molecule has 1 aromatic carbocycles. The molecule has 1 aromatic heterocycles. The topological polar surface area (TPSA) is 45.7 Å². The highest BCUT2D eigenvalue weighted by atomic mass is 16.5.